The zero-order valence-corrected chi connectivity index (χ0v) is 13.9. The Kier molecular flexibility index (Phi) is 4.64. The lowest BCUT2D eigenvalue weighted by Gasteiger charge is -2.12. The van der Waals surface area contributed by atoms with Crippen LogP contribution >= 0.6 is 23.2 Å². The van der Waals surface area contributed by atoms with Gasteiger partial charge in [0, 0.05) is 17.2 Å². The molecular formula is C15H9Cl2N5O3. The lowest BCUT2D eigenvalue weighted by Crippen LogP contribution is -2.15. The standard InChI is InChI=1S/C15H9Cl2N5O3/c16-9-1-4-14(21-8-18-7-19-21)13(5-9)20-15(23)11-6-10(22(24)25)2-3-12(11)17/h1-8H,(H,20,23). The van der Waals surface area contributed by atoms with Gasteiger partial charge in [0.05, 0.1) is 26.9 Å². The van der Waals surface area contributed by atoms with Crippen molar-refractivity contribution < 1.29 is 9.72 Å². The van der Waals surface area contributed by atoms with Crippen LogP contribution in [0.5, 0.6) is 0 Å². The van der Waals surface area contributed by atoms with Gasteiger partial charge < -0.3 is 5.32 Å². The number of aromatic nitrogens is 3. The van der Waals surface area contributed by atoms with E-state index in [1.807, 2.05) is 0 Å². The molecule has 0 bridgehead atoms. The second-order valence-corrected chi connectivity index (χ2v) is 5.72. The molecular weight excluding hydrogens is 369 g/mol. The highest BCUT2D eigenvalue weighted by Crippen LogP contribution is 2.27. The van der Waals surface area contributed by atoms with Gasteiger partial charge in [-0.05, 0) is 24.3 Å². The monoisotopic (exact) mass is 377 g/mol. The summed E-state index contributed by atoms with van der Waals surface area (Å²) in [4.78, 5) is 26.7. The third-order valence-electron chi connectivity index (χ3n) is 3.28. The third-order valence-corrected chi connectivity index (χ3v) is 3.84. The van der Waals surface area contributed by atoms with Crippen molar-refractivity contribution in [2.24, 2.45) is 0 Å². The Morgan fingerprint density at radius 2 is 2.00 bits per heavy atom. The quantitative estimate of drug-likeness (QED) is 0.550. The van der Waals surface area contributed by atoms with Gasteiger partial charge in [0.15, 0.2) is 0 Å². The first-order valence-electron chi connectivity index (χ1n) is 6.85. The highest BCUT2D eigenvalue weighted by atomic mass is 35.5. The summed E-state index contributed by atoms with van der Waals surface area (Å²) in [7, 11) is 0. The molecule has 0 atom stereocenters. The van der Waals surface area contributed by atoms with E-state index in [1.54, 1.807) is 12.1 Å². The average Bonchev–Trinajstić information content (AvgIpc) is 3.09. The number of hydrogen-bond donors (Lipinski definition) is 1. The minimum atomic E-state index is -0.614. The topological polar surface area (TPSA) is 103 Å². The van der Waals surface area contributed by atoms with Crippen LogP contribution in [0.2, 0.25) is 10.0 Å². The first-order valence-corrected chi connectivity index (χ1v) is 7.61. The molecule has 0 saturated carbocycles. The molecule has 0 saturated heterocycles. The maximum absolute atomic E-state index is 12.5. The lowest BCUT2D eigenvalue weighted by atomic mass is 10.1. The highest BCUT2D eigenvalue weighted by molar-refractivity contribution is 6.34. The second-order valence-electron chi connectivity index (χ2n) is 4.88. The number of benzene rings is 2. The van der Waals surface area contributed by atoms with E-state index in [-0.39, 0.29) is 16.3 Å². The minimum absolute atomic E-state index is 0.0274. The first-order chi connectivity index (χ1) is 12.0. The van der Waals surface area contributed by atoms with Crippen molar-refractivity contribution >= 4 is 40.5 Å². The number of carbonyl (C=O) groups is 1. The predicted molar refractivity (Wildman–Crippen MR) is 92.4 cm³/mol. The summed E-state index contributed by atoms with van der Waals surface area (Å²) in [5, 5.41) is 18.0. The van der Waals surface area contributed by atoms with Crippen LogP contribution in [-0.2, 0) is 0 Å². The Hall–Kier alpha value is -2.97. The van der Waals surface area contributed by atoms with Gasteiger partial charge in [-0.15, -0.1) is 0 Å². The fraction of sp³-hybridized carbons (Fsp3) is 0. The molecule has 3 aromatic rings. The van der Waals surface area contributed by atoms with Crippen molar-refractivity contribution in [2.75, 3.05) is 5.32 Å². The number of anilines is 1. The van der Waals surface area contributed by atoms with Gasteiger partial charge >= 0.3 is 0 Å². The van der Waals surface area contributed by atoms with Gasteiger partial charge in [0.25, 0.3) is 11.6 Å². The Morgan fingerprint density at radius 3 is 2.68 bits per heavy atom. The Bertz CT molecular complexity index is 960. The van der Waals surface area contributed by atoms with Crippen molar-refractivity contribution in [3.8, 4) is 5.69 Å². The molecule has 1 amide bonds. The molecule has 1 heterocycles. The van der Waals surface area contributed by atoms with E-state index in [2.05, 4.69) is 15.4 Å². The summed E-state index contributed by atoms with van der Waals surface area (Å²) in [6, 6.07) is 8.44. The number of hydrogen-bond acceptors (Lipinski definition) is 5. The molecule has 10 heteroatoms. The summed E-state index contributed by atoms with van der Waals surface area (Å²) in [5.74, 6) is -0.614. The number of nitrogens with zero attached hydrogens (tertiary/aromatic N) is 4. The number of carbonyl (C=O) groups excluding carboxylic acids is 1. The zero-order valence-electron chi connectivity index (χ0n) is 12.4. The predicted octanol–water partition coefficient (Wildman–Crippen LogP) is 3.73. The largest absolute Gasteiger partial charge is 0.320 e. The molecule has 2 aromatic carbocycles. The van der Waals surface area contributed by atoms with Gasteiger partial charge in [-0.25, -0.2) is 9.67 Å². The molecule has 0 aliphatic carbocycles. The van der Waals surface area contributed by atoms with Gasteiger partial charge in [-0.1, -0.05) is 23.2 Å². The number of nitro benzene ring substituents is 1. The molecule has 25 heavy (non-hydrogen) atoms. The zero-order chi connectivity index (χ0) is 18.0. The maximum atomic E-state index is 12.5. The molecule has 0 aliphatic heterocycles. The Balaban J connectivity index is 1.98. The van der Waals surface area contributed by atoms with Crippen molar-refractivity contribution in [3.63, 3.8) is 0 Å². The molecule has 1 N–H and O–H groups in total. The van der Waals surface area contributed by atoms with Gasteiger partial charge in [0.2, 0.25) is 0 Å². The van der Waals surface area contributed by atoms with Crippen LogP contribution in [-0.4, -0.2) is 25.6 Å². The molecule has 0 aliphatic rings. The van der Waals surface area contributed by atoms with E-state index >= 15 is 0 Å². The van der Waals surface area contributed by atoms with Crippen molar-refractivity contribution in [1.29, 1.82) is 0 Å². The average molecular weight is 378 g/mol. The van der Waals surface area contributed by atoms with E-state index in [0.717, 1.165) is 6.07 Å². The highest BCUT2D eigenvalue weighted by Gasteiger charge is 2.18. The summed E-state index contributed by atoms with van der Waals surface area (Å²) in [6.07, 6.45) is 2.80. The van der Waals surface area contributed by atoms with Crippen molar-refractivity contribution in [3.05, 3.63) is 74.8 Å². The minimum Gasteiger partial charge on any atom is -0.320 e. The SMILES string of the molecule is O=C(Nc1cc(Cl)ccc1-n1cncn1)c1cc([N+](=O)[O-])ccc1Cl. The van der Waals surface area contributed by atoms with Crippen LogP contribution in [0, 0.1) is 10.1 Å². The Morgan fingerprint density at radius 1 is 1.20 bits per heavy atom. The first kappa shape index (κ1) is 16.9. The molecule has 0 radical (unpaired) electrons. The van der Waals surface area contributed by atoms with E-state index in [9.17, 15) is 14.9 Å². The molecule has 0 spiro atoms. The molecule has 8 nitrogen and oxygen atoms in total. The number of rotatable bonds is 4. The van der Waals surface area contributed by atoms with Crippen LogP contribution in [0.25, 0.3) is 5.69 Å². The fourth-order valence-electron chi connectivity index (χ4n) is 2.13. The second kappa shape index (κ2) is 6.88. The number of non-ortho nitro benzene ring substituents is 1. The summed E-state index contributed by atoms with van der Waals surface area (Å²) >= 11 is 12.0. The van der Waals surface area contributed by atoms with Gasteiger partial charge in [-0.2, -0.15) is 5.10 Å². The van der Waals surface area contributed by atoms with E-state index in [0.29, 0.717) is 16.4 Å². The lowest BCUT2D eigenvalue weighted by molar-refractivity contribution is -0.384. The Labute approximate surface area is 151 Å². The third kappa shape index (κ3) is 3.59. The fourth-order valence-corrected chi connectivity index (χ4v) is 2.51. The van der Waals surface area contributed by atoms with Crippen LogP contribution in [0.1, 0.15) is 10.4 Å². The van der Waals surface area contributed by atoms with E-state index in [4.69, 9.17) is 23.2 Å². The summed E-state index contributed by atoms with van der Waals surface area (Å²) in [5.41, 5.74) is 0.611. The van der Waals surface area contributed by atoms with Crippen LogP contribution < -0.4 is 5.32 Å². The van der Waals surface area contributed by atoms with Crippen LogP contribution in [0.15, 0.2) is 49.1 Å². The van der Waals surface area contributed by atoms with Crippen LogP contribution in [0.3, 0.4) is 0 Å². The van der Waals surface area contributed by atoms with Crippen molar-refractivity contribution in [1.82, 2.24) is 14.8 Å². The number of amides is 1. The summed E-state index contributed by atoms with van der Waals surface area (Å²) in [6.45, 7) is 0. The number of nitrogens with one attached hydrogen (secondary N) is 1. The molecule has 0 unspecified atom stereocenters. The molecule has 3 rings (SSSR count). The molecule has 0 fully saturated rings. The normalized spacial score (nSPS) is 10.5. The van der Waals surface area contributed by atoms with Gasteiger partial charge in [0.1, 0.15) is 12.7 Å². The van der Waals surface area contributed by atoms with E-state index < -0.39 is 10.8 Å². The smallest absolute Gasteiger partial charge is 0.270 e. The molecule has 126 valence electrons. The van der Waals surface area contributed by atoms with Crippen LogP contribution in [0.4, 0.5) is 11.4 Å². The number of nitro groups is 1. The molecule has 1 aromatic heterocycles. The summed E-state index contributed by atoms with van der Waals surface area (Å²) < 4.78 is 1.45. The maximum Gasteiger partial charge on any atom is 0.270 e. The van der Waals surface area contributed by atoms with Gasteiger partial charge in [-0.3, -0.25) is 14.9 Å². The van der Waals surface area contributed by atoms with E-state index in [1.165, 1.54) is 35.5 Å². The van der Waals surface area contributed by atoms with Crippen molar-refractivity contribution in [2.45, 2.75) is 0 Å². The number of halogens is 2.